The van der Waals surface area contributed by atoms with E-state index in [2.05, 4.69) is 16.0 Å². The second-order valence-electron chi connectivity index (χ2n) is 6.00. The van der Waals surface area contributed by atoms with E-state index in [4.69, 9.17) is 0 Å². The van der Waals surface area contributed by atoms with Crippen molar-refractivity contribution in [3.63, 3.8) is 0 Å². The zero-order chi connectivity index (χ0) is 15.7. The van der Waals surface area contributed by atoms with Crippen LogP contribution in [0.15, 0.2) is 12.1 Å². The molecule has 7 heteroatoms. The SMILES string of the molecule is CC1NCCCC1NC(=O)c1cc2c(cc1F)NC(=O)CC2.Cl. The van der Waals surface area contributed by atoms with Gasteiger partial charge in [-0.15, -0.1) is 12.4 Å². The first-order valence-electron chi connectivity index (χ1n) is 7.71. The number of hydrogen-bond acceptors (Lipinski definition) is 3. The number of rotatable bonds is 2. The second kappa shape index (κ2) is 7.27. The highest BCUT2D eigenvalue weighted by atomic mass is 35.5. The molecule has 23 heavy (non-hydrogen) atoms. The van der Waals surface area contributed by atoms with Gasteiger partial charge in [0.15, 0.2) is 0 Å². The number of amides is 2. The minimum Gasteiger partial charge on any atom is -0.348 e. The van der Waals surface area contributed by atoms with E-state index in [1.807, 2.05) is 6.92 Å². The molecule has 2 atom stereocenters. The summed E-state index contributed by atoms with van der Waals surface area (Å²) in [5.41, 5.74) is 1.33. The fourth-order valence-corrected chi connectivity index (χ4v) is 3.06. The molecule has 1 fully saturated rings. The van der Waals surface area contributed by atoms with Gasteiger partial charge in [-0.2, -0.15) is 0 Å². The molecular formula is C16H21ClFN3O2. The van der Waals surface area contributed by atoms with Crippen molar-refractivity contribution in [3.8, 4) is 0 Å². The second-order valence-corrected chi connectivity index (χ2v) is 6.00. The van der Waals surface area contributed by atoms with E-state index in [1.54, 1.807) is 6.07 Å². The van der Waals surface area contributed by atoms with Crippen molar-refractivity contribution in [3.05, 3.63) is 29.1 Å². The van der Waals surface area contributed by atoms with Crippen molar-refractivity contribution in [2.24, 2.45) is 0 Å². The lowest BCUT2D eigenvalue weighted by atomic mass is 9.97. The maximum Gasteiger partial charge on any atom is 0.254 e. The Labute approximate surface area is 140 Å². The van der Waals surface area contributed by atoms with Gasteiger partial charge in [0, 0.05) is 24.2 Å². The molecule has 0 spiro atoms. The standard InChI is InChI=1S/C16H20FN3O2.ClH/c1-9-13(3-2-6-18-9)20-16(22)11-7-10-4-5-15(21)19-14(10)8-12(11)17;/h7-9,13,18H,2-6H2,1H3,(H,19,21)(H,20,22);1H. The lowest BCUT2D eigenvalue weighted by molar-refractivity contribution is -0.116. The van der Waals surface area contributed by atoms with Crippen LogP contribution >= 0.6 is 12.4 Å². The van der Waals surface area contributed by atoms with Crippen LogP contribution in [-0.4, -0.2) is 30.4 Å². The van der Waals surface area contributed by atoms with Gasteiger partial charge in [0.2, 0.25) is 5.91 Å². The number of aryl methyl sites for hydroxylation is 1. The molecule has 0 saturated carbocycles. The van der Waals surface area contributed by atoms with Crippen molar-refractivity contribution in [1.29, 1.82) is 0 Å². The van der Waals surface area contributed by atoms with Crippen molar-refractivity contribution >= 4 is 29.9 Å². The number of carbonyl (C=O) groups excluding carboxylic acids is 2. The first-order chi connectivity index (χ1) is 10.5. The number of piperidine rings is 1. The molecule has 1 saturated heterocycles. The molecule has 3 rings (SSSR count). The highest BCUT2D eigenvalue weighted by molar-refractivity contribution is 5.98. The number of carbonyl (C=O) groups is 2. The Morgan fingerprint density at radius 1 is 1.35 bits per heavy atom. The Bertz CT molecular complexity index is 624. The zero-order valence-corrected chi connectivity index (χ0v) is 13.8. The fourth-order valence-electron chi connectivity index (χ4n) is 3.06. The van der Waals surface area contributed by atoms with E-state index in [0.717, 1.165) is 24.9 Å². The van der Waals surface area contributed by atoms with Gasteiger partial charge < -0.3 is 16.0 Å². The van der Waals surface area contributed by atoms with Crippen LogP contribution in [0, 0.1) is 5.82 Å². The summed E-state index contributed by atoms with van der Waals surface area (Å²) in [5.74, 6) is -1.11. The van der Waals surface area contributed by atoms with Gasteiger partial charge in [0.25, 0.3) is 5.91 Å². The Morgan fingerprint density at radius 3 is 2.87 bits per heavy atom. The molecule has 2 unspecified atom stereocenters. The molecule has 2 amide bonds. The van der Waals surface area contributed by atoms with Gasteiger partial charge in [-0.1, -0.05) is 0 Å². The van der Waals surface area contributed by atoms with E-state index >= 15 is 0 Å². The summed E-state index contributed by atoms with van der Waals surface area (Å²) in [4.78, 5) is 23.7. The van der Waals surface area contributed by atoms with Gasteiger partial charge in [-0.3, -0.25) is 9.59 Å². The number of fused-ring (bicyclic) bond motifs is 1. The summed E-state index contributed by atoms with van der Waals surface area (Å²) < 4.78 is 14.2. The summed E-state index contributed by atoms with van der Waals surface area (Å²) in [6, 6.07) is 2.98. The third-order valence-corrected chi connectivity index (χ3v) is 4.41. The molecule has 0 radical (unpaired) electrons. The predicted octanol–water partition coefficient (Wildman–Crippen LogP) is 2.00. The van der Waals surface area contributed by atoms with E-state index in [0.29, 0.717) is 18.5 Å². The van der Waals surface area contributed by atoms with Crippen LogP contribution in [0.5, 0.6) is 0 Å². The minimum absolute atomic E-state index is 0. The largest absolute Gasteiger partial charge is 0.348 e. The molecule has 2 aliphatic heterocycles. The summed E-state index contributed by atoms with van der Waals surface area (Å²) in [7, 11) is 0. The van der Waals surface area contributed by atoms with E-state index in [1.165, 1.54) is 6.07 Å². The van der Waals surface area contributed by atoms with Crippen LogP contribution in [0.25, 0.3) is 0 Å². The van der Waals surface area contributed by atoms with Crippen LogP contribution in [0.1, 0.15) is 42.1 Å². The topological polar surface area (TPSA) is 70.2 Å². The average molecular weight is 342 g/mol. The van der Waals surface area contributed by atoms with Gasteiger partial charge in [0.05, 0.1) is 5.56 Å². The van der Waals surface area contributed by atoms with E-state index in [9.17, 15) is 14.0 Å². The molecule has 1 aromatic rings. The first kappa shape index (κ1) is 17.7. The third kappa shape index (κ3) is 3.82. The molecule has 2 heterocycles. The highest BCUT2D eigenvalue weighted by Gasteiger charge is 2.25. The quantitative estimate of drug-likeness (QED) is 0.770. The number of halogens is 2. The summed E-state index contributed by atoms with van der Waals surface area (Å²) in [6.45, 7) is 2.96. The van der Waals surface area contributed by atoms with Crippen LogP contribution in [-0.2, 0) is 11.2 Å². The van der Waals surface area contributed by atoms with Crippen molar-refractivity contribution in [2.45, 2.75) is 44.7 Å². The molecular weight excluding hydrogens is 321 g/mol. The number of anilines is 1. The molecule has 126 valence electrons. The molecule has 0 aromatic heterocycles. The summed E-state index contributed by atoms with van der Waals surface area (Å²) in [5, 5.41) is 8.85. The first-order valence-corrected chi connectivity index (χ1v) is 7.71. The van der Waals surface area contributed by atoms with Crippen LogP contribution < -0.4 is 16.0 Å². The summed E-state index contributed by atoms with van der Waals surface area (Å²) in [6.07, 6.45) is 2.78. The maximum atomic E-state index is 14.2. The predicted molar refractivity (Wildman–Crippen MR) is 88.6 cm³/mol. The van der Waals surface area contributed by atoms with Crippen LogP contribution in [0.2, 0.25) is 0 Å². The Morgan fingerprint density at radius 2 is 2.13 bits per heavy atom. The maximum absolute atomic E-state index is 14.2. The monoisotopic (exact) mass is 341 g/mol. The number of hydrogen-bond donors (Lipinski definition) is 3. The Hall–Kier alpha value is -1.66. The third-order valence-electron chi connectivity index (χ3n) is 4.41. The fraction of sp³-hybridized carbons (Fsp3) is 0.500. The minimum atomic E-state index is -0.602. The zero-order valence-electron chi connectivity index (χ0n) is 12.9. The number of nitrogens with one attached hydrogen (secondary N) is 3. The van der Waals surface area contributed by atoms with Crippen molar-refractivity contribution < 1.29 is 14.0 Å². The molecule has 1 aromatic carbocycles. The number of benzene rings is 1. The normalized spacial score (nSPS) is 23.3. The molecule has 2 aliphatic rings. The van der Waals surface area contributed by atoms with Gasteiger partial charge in [-0.05, 0) is 50.4 Å². The van der Waals surface area contributed by atoms with Gasteiger partial charge in [0.1, 0.15) is 5.82 Å². The molecule has 3 N–H and O–H groups in total. The van der Waals surface area contributed by atoms with Crippen LogP contribution in [0.3, 0.4) is 0 Å². The van der Waals surface area contributed by atoms with Crippen LogP contribution in [0.4, 0.5) is 10.1 Å². The summed E-state index contributed by atoms with van der Waals surface area (Å²) >= 11 is 0. The van der Waals surface area contributed by atoms with Crippen molar-refractivity contribution in [2.75, 3.05) is 11.9 Å². The van der Waals surface area contributed by atoms with E-state index < -0.39 is 11.7 Å². The Balaban J connectivity index is 0.00000192. The molecule has 0 bridgehead atoms. The van der Waals surface area contributed by atoms with Gasteiger partial charge in [-0.25, -0.2) is 4.39 Å². The highest BCUT2D eigenvalue weighted by Crippen LogP contribution is 2.26. The molecule has 0 aliphatic carbocycles. The lowest BCUT2D eigenvalue weighted by Gasteiger charge is -2.30. The van der Waals surface area contributed by atoms with Crippen molar-refractivity contribution in [1.82, 2.24) is 10.6 Å². The molecule has 5 nitrogen and oxygen atoms in total. The van der Waals surface area contributed by atoms with E-state index in [-0.39, 0.29) is 36.0 Å². The lowest BCUT2D eigenvalue weighted by Crippen LogP contribution is -2.52. The smallest absolute Gasteiger partial charge is 0.254 e. The average Bonchev–Trinajstić information content (AvgIpc) is 2.48. The van der Waals surface area contributed by atoms with Gasteiger partial charge >= 0.3 is 0 Å². The Kier molecular flexibility index (Phi) is 5.59.